The van der Waals surface area contributed by atoms with Gasteiger partial charge < -0.3 is 10.5 Å². The van der Waals surface area contributed by atoms with Gasteiger partial charge in [0.15, 0.2) is 5.17 Å². The van der Waals surface area contributed by atoms with E-state index >= 15 is 0 Å². The van der Waals surface area contributed by atoms with E-state index in [9.17, 15) is 4.79 Å². The van der Waals surface area contributed by atoms with Gasteiger partial charge in [0.25, 0.3) is 5.56 Å². The zero-order chi connectivity index (χ0) is 20.8. The molecule has 0 aliphatic carbocycles. The quantitative estimate of drug-likeness (QED) is 0.337. The summed E-state index contributed by atoms with van der Waals surface area (Å²) in [6.07, 6.45) is 1.62. The molecule has 3 aromatic rings. The molecule has 0 aliphatic heterocycles. The minimum Gasteiger partial charge on any atom is -0.497 e. The highest BCUT2D eigenvalue weighted by molar-refractivity contribution is 9.10. The topological polar surface area (TPSA) is 86.9 Å². The van der Waals surface area contributed by atoms with Gasteiger partial charge in [-0.25, -0.2) is 4.68 Å². The molecule has 0 saturated carbocycles. The molecule has 0 aliphatic rings. The van der Waals surface area contributed by atoms with E-state index in [-0.39, 0.29) is 5.56 Å². The van der Waals surface area contributed by atoms with Crippen molar-refractivity contribution < 1.29 is 4.74 Å². The second-order valence-electron chi connectivity index (χ2n) is 5.98. The Kier molecular flexibility index (Phi) is 6.95. The Morgan fingerprint density at radius 3 is 2.55 bits per heavy atom. The van der Waals surface area contributed by atoms with Crippen molar-refractivity contribution in [1.29, 1.82) is 0 Å². The second-order valence-corrected chi connectivity index (χ2v) is 7.77. The normalized spacial score (nSPS) is 11.9. The fraction of sp³-hybridized carbons (Fsp3) is 0.150. The minimum atomic E-state index is -0.123. The average molecular weight is 474 g/mol. The van der Waals surface area contributed by atoms with Gasteiger partial charge in [-0.3, -0.25) is 9.48 Å². The first-order valence-corrected chi connectivity index (χ1v) is 10.4. The average Bonchev–Trinajstić information content (AvgIpc) is 2.96. The van der Waals surface area contributed by atoms with Crippen LogP contribution in [0.3, 0.4) is 0 Å². The van der Waals surface area contributed by atoms with Crippen molar-refractivity contribution in [1.82, 2.24) is 9.36 Å². The molecule has 150 valence electrons. The predicted octanol–water partition coefficient (Wildman–Crippen LogP) is 3.53. The van der Waals surface area contributed by atoms with Crippen LogP contribution in [0, 0.1) is 0 Å². The minimum absolute atomic E-state index is 0.123. The Morgan fingerprint density at radius 2 is 1.90 bits per heavy atom. The first-order chi connectivity index (χ1) is 14.0. The maximum absolute atomic E-state index is 12.6. The number of hydrogen-bond donors (Lipinski definition) is 1. The Balaban J connectivity index is 1.70. The lowest BCUT2D eigenvalue weighted by Crippen LogP contribution is -2.19. The van der Waals surface area contributed by atoms with Crippen molar-refractivity contribution >= 4 is 39.1 Å². The van der Waals surface area contributed by atoms with Crippen molar-refractivity contribution in [2.75, 3.05) is 7.11 Å². The summed E-state index contributed by atoms with van der Waals surface area (Å²) in [5, 5.41) is 8.33. The van der Waals surface area contributed by atoms with Gasteiger partial charge in [0.2, 0.25) is 0 Å². The van der Waals surface area contributed by atoms with E-state index < -0.39 is 0 Å². The highest BCUT2D eigenvalue weighted by Crippen LogP contribution is 2.21. The number of rotatable bonds is 6. The number of nitrogens with two attached hydrogens (primary N) is 1. The fourth-order valence-corrected chi connectivity index (χ4v) is 4.12. The van der Waals surface area contributed by atoms with Gasteiger partial charge in [-0.2, -0.15) is 5.10 Å². The number of methoxy groups -OCH3 is 1. The largest absolute Gasteiger partial charge is 0.497 e. The van der Waals surface area contributed by atoms with Gasteiger partial charge in [-0.1, -0.05) is 30.0 Å². The van der Waals surface area contributed by atoms with Crippen molar-refractivity contribution in [3.05, 3.63) is 80.7 Å². The van der Waals surface area contributed by atoms with E-state index in [1.54, 1.807) is 18.0 Å². The molecule has 9 heteroatoms. The highest BCUT2D eigenvalue weighted by Gasteiger charge is 2.17. The lowest BCUT2D eigenvalue weighted by molar-refractivity contribution is 0.415. The number of benzene rings is 2. The summed E-state index contributed by atoms with van der Waals surface area (Å²) in [5.41, 5.74) is 8.32. The summed E-state index contributed by atoms with van der Waals surface area (Å²) >= 11 is 4.71. The highest BCUT2D eigenvalue weighted by atomic mass is 79.9. The first kappa shape index (κ1) is 20.9. The number of halogens is 1. The number of aromatic nitrogens is 2. The summed E-state index contributed by atoms with van der Waals surface area (Å²) in [7, 11) is 3.46. The molecule has 0 spiro atoms. The molecule has 0 saturated heterocycles. The third-order valence-corrected chi connectivity index (χ3v) is 5.75. The Hall–Kier alpha value is -2.78. The third kappa shape index (κ3) is 4.99. The van der Waals surface area contributed by atoms with Crippen LogP contribution in [0.5, 0.6) is 5.75 Å². The van der Waals surface area contributed by atoms with Gasteiger partial charge in [-0.15, -0.1) is 5.10 Å². The number of hydrogen-bond acceptors (Lipinski definition) is 5. The first-order valence-electron chi connectivity index (χ1n) is 8.66. The van der Waals surface area contributed by atoms with Gasteiger partial charge >= 0.3 is 0 Å². The Bertz CT molecular complexity index is 1090. The predicted molar refractivity (Wildman–Crippen MR) is 122 cm³/mol. The number of nitrogens with zero attached hydrogens (tertiary/aromatic N) is 4. The Labute approximate surface area is 181 Å². The zero-order valence-corrected chi connectivity index (χ0v) is 18.4. The van der Waals surface area contributed by atoms with Crippen LogP contribution in [0.4, 0.5) is 0 Å². The van der Waals surface area contributed by atoms with E-state index in [0.717, 1.165) is 22.7 Å². The lowest BCUT2D eigenvalue weighted by atomic mass is 10.2. The lowest BCUT2D eigenvalue weighted by Gasteiger charge is -2.09. The number of ether oxygens (including phenoxy) is 1. The molecule has 0 amide bonds. The smallest absolute Gasteiger partial charge is 0.286 e. The van der Waals surface area contributed by atoms with Gasteiger partial charge in [0.1, 0.15) is 10.2 Å². The maximum atomic E-state index is 12.6. The monoisotopic (exact) mass is 473 g/mol. The van der Waals surface area contributed by atoms with Crippen LogP contribution in [0.25, 0.3) is 5.69 Å². The van der Waals surface area contributed by atoms with Crippen LogP contribution >= 0.6 is 27.7 Å². The number of amidine groups is 1. The molecule has 2 N–H and O–H groups in total. The van der Waals surface area contributed by atoms with Crippen LogP contribution in [0.1, 0.15) is 11.3 Å². The molecular weight excluding hydrogens is 454 g/mol. The van der Waals surface area contributed by atoms with Crippen molar-refractivity contribution in [2.24, 2.45) is 23.0 Å². The van der Waals surface area contributed by atoms with Crippen molar-refractivity contribution in [2.45, 2.75) is 5.75 Å². The van der Waals surface area contributed by atoms with Gasteiger partial charge in [0.05, 0.1) is 24.7 Å². The van der Waals surface area contributed by atoms with Crippen LogP contribution in [-0.4, -0.2) is 27.9 Å². The third-order valence-electron chi connectivity index (χ3n) is 4.16. The van der Waals surface area contributed by atoms with Gasteiger partial charge in [0, 0.05) is 12.8 Å². The fourth-order valence-electron chi connectivity index (χ4n) is 2.65. The van der Waals surface area contributed by atoms with E-state index in [1.165, 1.54) is 11.8 Å². The van der Waals surface area contributed by atoms with Crippen molar-refractivity contribution in [3.8, 4) is 11.4 Å². The standard InChI is InChI=1S/C20H20BrN5O2S/c1-25-17(18(21)19(27)26(25)15-6-4-3-5-7-15)13-29-20(22)24-23-12-14-8-10-16(28-2)11-9-14/h3-12H,13H2,1-2H3,(H2,22,24). The molecule has 0 bridgehead atoms. The molecule has 7 nitrogen and oxygen atoms in total. The second kappa shape index (κ2) is 9.62. The van der Waals surface area contributed by atoms with E-state index in [1.807, 2.05) is 66.3 Å². The van der Waals surface area contributed by atoms with Crippen LogP contribution < -0.4 is 16.0 Å². The van der Waals surface area contributed by atoms with E-state index in [2.05, 4.69) is 26.1 Å². The molecule has 0 atom stereocenters. The summed E-state index contributed by atoms with van der Waals surface area (Å²) < 4.78 is 9.04. The molecule has 0 fully saturated rings. The summed E-state index contributed by atoms with van der Waals surface area (Å²) in [6, 6.07) is 16.9. The number of thioether (sulfide) groups is 1. The van der Waals surface area contributed by atoms with Crippen molar-refractivity contribution in [3.63, 3.8) is 0 Å². The molecule has 29 heavy (non-hydrogen) atoms. The summed E-state index contributed by atoms with van der Waals surface area (Å²) in [4.78, 5) is 12.6. The van der Waals surface area contributed by atoms with E-state index in [4.69, 9.17) is 10.5 Å². The van der Waals surface area contributed by atoms with Crippen LogP contribution in [0.15, 0.2) is 74.1 Å². The zero-order valence-electron chi connectivity index (χ0n) is 15.9. The molecular formula is C20H20BrN5O2S. The molecule has 3 rings (SSSR count). The molecule has 0 radical (unpaired) electrons. The van der Waals surface area contributed by atoms with Crippen LogP contribution in [0.2, 0.25) is 0 Å². The SMILES string of the molecule is COc1ccc(C=N/N=C(\N)SCc2c(Br)c(=O)n(-c3ccccc3)n2C)cc1. The summed E-state index contributed by atoms with van der Waals surface area (Å²) in [5.74, 6) is 1.25. The molecule has 0 unspecified atom stereocenters. The molecule has 1 aromatic heterocycles. The Morgan fingerprint density at radius 1 is 1.21 bits per heavy atom. The molecule has 1 heterocycles. The van der Waals surface area contributed by atoms with E-state index in [0.29, 0.717) is 15.4 Å². The molecule has 2 aromatic carbocycles. The van der Waals surface area contributed by atoms with Crippen LogP contribution in [-0.2, 0) is 12.8 Å². The number of para-hydroxylation sites is 1. The maximum Gasteiger partial charge on any atom is 0.286 e. The summed E-state index contributed by atoms with van der Waals surface area (Å²) in [6.45, 7) is 0. The van der Waals surface area contributed by atoms with Gasteiger partial charge in [-0.05, 0) is 57.9 Å².